The molecule has 0 aliphatic carbocycles. The minimum atomic E-state index is -4.48. The summed E-state index contributed by atoms with van der Waals surface area (Å²) in [5, 5.41) is 1.84. The lowest BCUT2D eigenvalue weighted by Gasteiger charge is -2.33. The predicted octanol–water partition coefficient (Wildman–Crippen LogP) is 1.04. The third kappa shape index (κ3) is 2.95. The SMILES string of the molecule is CC1C(=O)NC(=O)N(C(C)CC(F)(F)F)C1=O. The number of alkyl halides is 3. The predicted molar refractivity (Wildman–Crippen MR) is 49.7 cm³/mol. The van der Waals surface area contributed by atoms with E-state index in [0.29, 0.717) is 4.90 Å². The van der Waals surface area contributed by atoms with Gasteiger partial charge in [0.2, 0.25) is 11.8 Å². The minimum absolute atomic E-state index is 0.444. The number of barbiturate groups is 1. The fourth-order valence-corrected chi connectivity index (χ4v) is 1.54. The van der Waals surface area contributed by atoms with E-state index in [4.69, 9.17) is 0 Å². The van der Waals surface area contributed by atoms with E-state index in [1.165, 1.54) is 6.92 Å². The fraction of sp³-hybridized carbons (Fsp3) is 0.667. The molecule has 1 N–H and O–H groups in total. The van der Waals surface area contributed by atoms with Gasteiger partial charge in [-0.1, -0.05) is 0 Å². The fourth-order valence-electron chi connectivity index (χ4n) is 1.54. The van der Waals surface area contributed by atoms with E-state index in [1.54, 1.807) is 0 Å². The number of nitrogens with zero attached hydrogens (tertiary/aromatic N) is 1. The van der Waals surface area contributed by atoms with E-state index in [9.17, 15) is 27.6 Å². The van der Waals surface area contributed by atoms with Gasteiger partial charge in [-0.25, -0.2) is 4.79 Å². The van der Waals surface area contributed by atoms with Gasteiger partial charge in [-0.2, -0.15) is 13.2 Å². The summed E-state index contributed by atoms with van der Waals surface area (Å²) in [6, 6.07) is -2.44. The number of imide groups is 2. The second-order valence-electron chi connectivity index (χ2n) is 3.89. The van der Waals surface area contributed by atoms with Gasteiger partial charge in [0.05, 0.1) is 6.42 Å². The number of halogens is 3. The van der Waals surface area contributed by atoms with Gasteiger partial charge in [0, 0.05) is 6.04 Å². The number of urea groups is 1. The van der Waals surface area contributed by atoms with E-state index in [2.05, 4.69) is 0 Å². The summed E-state index contributed by atoms with van der Waals surface area (Å²) in [6.07, 6.45) is -5.78. The van der Waals surface area contributed by atoms with Crippen LogP contribution in [0.2, 0.25) is 0 Å². The van der Waals surface area contributed by atoms with Crippen LogP contribution in [0.15, 0.2) is 0 Å². The van der Waals surface area contributed by atoms with Crippen LogP contribution in [0.1, 0.15) is 20.3 Å². The lowest BCUT2D eigenvalue weighted by molar-refractivity contribution is -0.154. The van der Waals surface area contributed by atoms with Crippen molar-refractivity contribution in [2.24, 2.45) is 5.92 Å². The van der Waals surface area contributed by atoms with E-state index < -0.39 is 42.4 Å². The standard InChI is InChI=1S/C9H11F3N2O3/c1-4(3-9(10,11)12)14-7(16)5(2)6(15)13-8(14)17/h4-5H,3H2,1-2H3,(H,13,15,17). The Balaban J connectivity index is 2.85. The molecule has 1 aliphatic heterocycles. The first kappa shape index (κ1) is 13.5. The van der Waals surface area contributed by atoms with Crippen LogP contribution in [0, 0.1) is 5.92 Å². The van der Waals surface area contributed by atoms with Crippen molar-refractivity contribution in [2.45, 2.75) is 32.5 Å². The molecule has 0 saturated carbocycles. The number of nitrogens with one attached hydrogen (secondary N) is 1. The average molecular weight is 252 g/mol. The van der Waals surface area contributed by atoms with Crippen molar-refractivity contribution in [3.63, 3.8) is 0 Å². The molecule has 1 rings (SSSR count). The van der Waals surface area contributed by atoms with E-state index in [-0.39, 0.29) is 0 Å². The molecule has 0 aromatic heterocycles. The van der Waals surface area contributed by atoms with Gasteiger partial charge in [0.15, 0.2) is 0 Å². The van der Waals surface area contributed by atoms with Crippen LogP contribution in [-0.4, -0.2) is 35.0 Å². The maximum absolute atomic E-state index is 12.2. The highest BCUT2D eigenvalue weighted by molar-refractivity contribution is 6.16. The second kappa shape index (κ2) is 4.34. The Morgan fingerprint density at radius 2 is 1.88 bits per heavy atom. The van der Waals surface area contributed by atoms with Crippen LogP contribution in [0.5, 0.6) is 0 Å². The molecule has 4 amide bonds. The van der Waals surface area contributed by atoms with Crippen molar-refractivity contribution in [3.05, 3.63) is 0 Å². The molecule has 5 nitrogen and oxygen atoms in total. The first-order chi connectivity index (χ1) is 7.63. The highest BCUT2D eigenvalue weighted by Crippen LogP contribution is 2.25. The van der Waals surface area contributed by atoms with Crippen LogP contribution < -0.4 is 5.32 Å². The zero-order valence-electron chi connectivity index (χ0n) is 9.17. The van der Waals surface area contributed by atoms with Crippen LogP contribution in [0.4, 0.5) is 18.0 Å². The van der Waals surface area contributed by atoms with E-state index >= 15 is 0 Å². The second-order valence-corrected chi connectivity index (χ2v) is 3.89. The van der Waals surface area contributed by atoms with Crippen molar-refractivity contribution < 1.29 is 27.6 Å². The highest BCUT2D eigenvalue weighted by atomic mass is 19.4. The lowest BCUT2D eigenvalue weighted by atomic mass is 10.1. The Morgan fingerprint density at radius 3 is 2.35 bits per heavy atom. The summed E-state index contributed by atoms with van der Waals surface area (Å²) in [5.74, 6) is -2.85. The molecule has 0 aromatic carbocycles. The molecule has 17 heavy (non-hydrogen) atoms. The molecule has 1 fully saturated rings. The number of carbonyl (C=O) groups is 3. The zero-order valence-corrected chi connectivity index (χ0v) is 9.17. The van der Waals surface area contributed by atoms with Crippen LogP contribution in [0.25, 0.3) is 0 Å². The first-order valence-corrected chi connectivity index (χ1v) is 4.88. The van der Waals surface area contributed by atoms with Gasteiger partial charge >= 0.3 is 12.2 Å². The molecule has 2 unspecified atom stereocenters. The minimum Gasteiger partial charge on any atom is -0.277 e. The highest BCUT2D eigenvalue weighted by Gasteiger charge is 2.43. The van der Waals surface area contributed by atoms with Crippen molar-refractivity contribution >= 4 is 17.8 Å². The molecule has 0 radical (unpaired) electrons. The van der Waals surface area contributed by atoms with Crippen molar-refractivity contribution in [1.29, 1.82) is 0 Å². The summed E-state index contributed by atoms with van der Waals surface area (Å²) in [7, 11) is 0. The van der Waals surface area contributed by atoms with Crippen molar-refractivity contribution in [2.75, 3.05) is 0 Å². The van der Waals surface area contributed by atoms with Gasteiger partial charge in [-0.15, -0.1) is 0 Å². The summed E-state index contributed by atoms with van der Waals surface area (Å²) in [5.41, 5.74) is 0. The molecule has 0 spiro atoms. The van der Waals surface area contributed by atoms with Gasteiger partial charge in [-0.05, 0) is 13.8 Å². The van der Waals surface area contributed by atoms with Gasteiger partial charge in [-0.3, -0.25) is 19.8 Å². The van der Waals surface area contributed by atoms with E-state index in [1.807, 2.05) is 5.32 Å². The van der Waals surface area contributed by atoms with Crippen LogP contribution in [0.3, 0.4) is 0 Å². The van der Waals surface area contributed by atoms with Crippen molar-refractivity contribution in [1.82, 2.24) is 10.2 Å². The van der Waals surface area contributed by atoms with Crippen LogP contribution >= 0.6 is 0 Å². The maximum atomic E-state index is 12.2. The molecule has 96 valence electrons. The van der Waals surface area contributed by atoms with E-state index in [0.717, 1.165) is 6.92 Å². The third-order valence-electron chi connectivity index (χ3n) is 2.42. The number of rotatable bonds is 2. The van der Waals surface area contributed by atoms with Crippen LogP contribution in [-0.2, 0) is 9.59 Å². The molecule has 1 aliphatic rings. The molecule has 8 heteroatoms. The summed E-state index contributed by atoms with van der Waals surface area (Å²) < 4.78 is 36.5. The number of carbonyl (C=O) groups excluding carboxylic acids is 3. The average Bonchev–Trinajstić information content (AvgIpc) is 2.11. The Labute approximate surface area is 94.9 Å². The lowest BCUT2D eigenvalue weighted by Crippen LogP contribution is -2.60. The Kier molecular flexibility index (Phi) is 3.44. The Morgan fingerprint density at radius 1 is 1.35 bits per heavy atom. The summed E-state index contributed by atoms with van der Waals surface area (Å²) >= 11 is 0. The molecule has 0 aromatic rings. The summed E-state index contributed by atoms with van der Waals surface area (Å²) in [4.78, 5) is 34.4. The first-order valence-electron chi connectivity index (χ1n) is 4.88. The quantitative estimate of drug-likeness (QED) is 0.747. The van der Waals surface area contributed by atoms with Gasteiger partial charge in [0.1, 0.15) is 5.92 Å². The number of hydrogen-bond acceptors (Lipinski definition) is 3. The number of hydrogen-bond donors (Lipinski definition) is 1. The molecule has 1 saturated heterocycles. The smallest absolute Gasteiger partial charge is 0.277 e. The largest absolute Gasteiger partial charge is 0.391 e. The molecular formula is C9H11F3N2O3. The zero-order chi connectivity index (χ0) is 13.4. The Bertz CT molecular complexity index is 367. The topological polar surface area (TPSA) is 66.5 Å². The molecular weight excluding hydrogens is 241 g/mol. The van der Waals surface area contributed by atoms with Crippen molar-refractivity contribution in [3.8, 4) is 0 Å². The molecule has 2 atom stereocenters. The molecule has 1 heterocycles. The number of amides is 4. The molecule has 0 bridgehead atoms. The monoisotopic (exact) mass is 252 g/mol. The maximum Gasteiger partial charge on any atom is 0.391 e. The Hall–Kier alpha value is -1.60. The normalized spacial score (nSPS) is 23.7. The van der Waals surface area contributed by atoms with Gasteiger partial charge < -0.3 is 0 Å². The van der Waals surface area contributed by atoms with Gasteiger partial charge in [0.25, 0.3) is 0 Å². The third-order valence-corrected chi connectivity index (χ3v) is 2.42. The summed E-state index contributed by atoms with van der Waals surface area (Å²) in [6.45, 7) is 2.34.